The molecule has 0 aromatic carbocycles. The van der Waals surface area contributed by atoms with Gasteiger partial charge < -0.3 is 10.1 Å². The van der Waals surface area contributed by atoms with Gasteiger partial charge in [0.15, 0.2) is 0 Å². The molecule has 0 spiro atoms. The van der Waals surface area contributed by atoms with E-state index >= 15 is 0 Å². The molecule has 1 aromatic rings. The van der Waals surface area contributed by atoms with Gasteiger partial charge in [-0.3, -0.25) is 4.90 Å². The van der Waals surface area contributed by atoms with Crippen molar-refractivity contribution in [1.82, 2.24) is 15.2 Å². The summed E-state index contributed by atoms with van der Waals surface area (Å²) in [5.41, 5.74) is 1.29. The Morgan fingerprint density at radius 2 is 2.42 bits per heavy atom. The summed E-state index contributed by atoms with van der Waals surface area (Å²) in [6.45, 7) is 7.90. The van der Waals surface area contributed by atoms with Crippen LogP contribution in [0.3, 0.4) is 0 Å². The topological polar surface area (TPSA) is 37.4 Å². The zero-order valence-corrected chi connectivity index (χ0v) is 12.1. The molecule has 2 heterocycles. The fraction of sp³-hybridized carbons (Fsp3) is 0.667. The molecule has 0 saturated carbocycles. The first-order valence-electron chi connectivity index (χ1n) is 7.23. The number of pyridine rings is 1. The Balaban J connectivity index is 1.77. The van der Waals surface area contributed by atoms with Crippen LogP contribution < -0.4 is 10.1 Å². The molecule has 0 amide bonds. The molecule has 0 aliphatic carbocycles. The Kier molecular flexibility index (Phi) is 5.61. The van der Waals surface area contributed by atoms with Gasteiger partial charge in [0.05, 0.1) is 7.11 Å². The van der Waals surface area contributed by atoms with Crippen LogP contribution in [0.25, 0.3) is 0 Å². The van der Waals surface area contributed by atoms with E-state index in [1.165, 1.54) is 31.5 Å². The zero-order chi connectivity index (χ0) is 13.5. The lowest BCUT2D eigenvalue weighted by Gasteiger charge is -2.16. The molecular formula is C15H25N3O. The predicted octanol–water partition coefficient (Wildman–Crippen LogP) is 1.91. The average Bonchev–Trinajstić information content (AvgIpc) is 2.87. The highest BCUT2D eigenvalue weighted by Crippen LogP contribution is 2.19. The van der Waals surface area contributed by atoms with Gasteiger partial charge in [-0.2, -0.15) is 0 Å². The number of likely N-dealkylation sites (tertiary alicyclic amines) is 1. The highest BCUT2D eigenvalue weighted by Gasteiger charge is 2.21. The van der Waals surface area contributed by atoms with E-state index in [4.69, 9.17) is 4.74 Å². The van der Waals surface area contributed by atoms with Gasteiger partial charge in [0.1, 0.15) is 0 Å². The Labute approximate surface area is 116 Å². The second kappa shape index (κ2) is 7.46. The van der Waals surface area contributed by atoms with Gasteiger partial charge in [-0.1, -0.05) is 6.92 Å². The SMILES string of the molecule is CCCNCC1CCN(Cc2ccnc(OC)c2)C1. The fourth-order valence-electron chi connectivity index (χ4n) is 2.62. The monoisotopic (exact) mass is 263 g/mol. The largest absolute Gasteiger partial charge is 0.481 e. The van der Waals surface area contributed by atoms with Crippen molar-refractivity contribution in [3.63, 3.8) is 0 Å². The normalized spacial score (nSPS) is 19.8. The molecule has 106 valence electrons. The minimum atomic E-state index is 0.706. The van der Waals surface area contributed by atoms with E-state index in [-0.39, 0.29) is 0 Å². The van der Waals surface area contributed by atoms with Crippen molar-refractivity contribution >= 4 is 0 Å². The van der Waals surface area contributed by atoms with Gasteiger partial charge in [0.2, 0.25) is 5.88 Å². The number of ether oxygens (including phenoxy) is 1. The highest BCUT2D eigenvalue weighted by atomic mass is 16.5. The molecule has 2 rings (SSSR count). The maximum Gasteiger partial charge on any atom is 0.213 e. The Morgan fingerprint density at radius 3 is 3.21 bits per heavy atom. The Bertz CT molecular complexity index is 383. The smallest absolute Gasteiger partial charge is 0.213 e. The summed E-state index contributed by atoms with van der Waals surface area (Å²) in [7, 11) is 1.66. The van der Waals surface area contributed by atoms with Crippen LogP contribution in [-0.2, 0) is 6.54 Å². The van der Waals surface area contributed by atoms with Crippen LogP contribution in [0, 0.1) is 5.92 Å². The number of hydrogen-bond acceptors (Lipinski definition) is 4. The molecule has 1 aliphatic rings. The molecule has 0 radical (unpaired) electrons. The van der Waals surface area contributed by atoms with E-state index in [2.05, 4.69) is 28.2 Å². The van der Waals surface area contributed by atoms with Crippen molar-refractivity contribution in [2.45, 2.75) is 26.3 Å². The van der Waals surface area contributed by atoms with Gasteiger partial charge in [0, 0.05) is 25.4 Å². The molecule has 1 saturated heterocycles. The van der Waals surface area contributed by atoms with Crippen molar-refractivity contribution in [2.24, 2.45) is 5.92 Å². The van der Waals surface area contributed by atoms with Crippen LogP contribution in [0.1, 0.15) is 25.3 Å². The lowest BCUT2D eigenvalue weighted by molar-refractivity contribution is 0.313. The van der Waals surface area contributed by atoms with Crippen molar-refractivity contribution < 1.29 is 4.74 Å². The van der Waals surface area contributed by atoms with Crippen LogP contribution >= 0.6 is 0 Å². The van der Waals surface area contributed by atoms with E-state index in [1.54, 1.807) is 7.11 Å². The molecule has 1 aromatic heterocycles. The molecular weight excluding hydrogens is 238 g/mol. The van der Waals surface area contributed by atoms with Crippen molar-refractivity contribution in [2.75, 3.05) is 33.3 Å². The highest BCUT2D eigenvalue weighted by molar-refractivity contribution is 5.20. The third-order valence-electron chi connectivity index (χ3n) is 3.64. The second-order valence-electron chi connectivity index (χ2n) is 5.30. The van der Waals surface area contributed by atoms with Crippen LogP contribution in [0.5, 0.6) is 5.88 Å². The van der Waals surface area contributed by atoms with Crippen LogP contribution in [0.2, 0.25) is 0 Å². The molecule has 4 nitrogen and oxygen atoms in total. The molecule has 4 heteroatoms. The van der Waals surface area contributed by atoms with Crippen molar-refractivity contribution in [1.29, 1.82) is 0 Å². The third kappa shape index (κ3) is 4.48. The van der Waals surface area contributed by atoms with E-state index in [1.807, 2.05) is 12.3 Å². The predicted molar refractivity (Wildman–Crippen MR) is 77.3 cm³/mol. The maximum atomic E-state index is 5.17. The van der Waals surface area contributed by atoms with Gasteiger partial charge in [0.25, 0.3) is 0 Å². The number of hydrogen-bond donors (Lipinski definition) is 1. The molecule has 1 fully saturated rings. The third-order valence-corrected chi connectivity index (χ3v) is 3.64. The average molecular weight is 263 g/mol. The summed E-state index contributed by atoms with van der Waals surface area (Å²) in [6, 6.07) is 4.10. The van der Waals surface area contributed by atoms with E-state index < -0.39 is 0 Å². The zero-order valence-electron chi connectivity index (χ0n) is 12.1. The van der Waals surface area contributed by atoms with Gasteiger partial charge in [-0.15, -0.1) is 0 Å². The maximum absolute atomic E-state index is 5.17. The number of aromatic nitrogens is 1. The molecule has 1 aliphatic heterocycles. The summed E-state index contributed by atoms with van der Waals surface area (Å²) < 4.78 is 5.17. The Morgan fingerprint density at radius 1 is 1.53 bits per heavy atom. The first kappa shape index (κ1) is 14.3. The minimum absolute atomic E-state index is 0.706. The summed E-state index contributed by atoms with van der Waals surface area (Å²) in [4.78, 5) is 6.67. The number of nitrogens with one attached hydrogen (secondary N) is 1. The van der Waals surface area contributed by atoms with E-state index in [0.29, 0.717) is 5.88 Å². The molecule has 1 N–H and O–H groups in total. The quantitative estimate of drug-likeness (QED) is 0.763. The standard InChI is InChI=1S/C15H25N3O/c1-3-6-16-10-14-5-8-18(12-14)11-13-4-7-17-15(9-13)19-2/h4,7,9,14,16H,3,5-6,8,10-12H2,1-2H3. The van der Waals surface area contributed by atoms with Crippen molar-refractivity contribution in [3.8, 4) is 5.88 Å². The van der Waals surface area contributed by atoms with Gasteiger partial charge in [-0.05, 0) is 50.0 Å². The number of methoxy groups -OCH3 is 1. The first-order valence-corrected chi connectivity index (χ1v) is 7.23. The molecule has 0 bridgehead atoms. The fourth-order valence-corrected chi connectivity index (χ4v) is 2.62. The van der Waals surface area contributed by atoms with E-state index in [0.717, 1.165) is 25.6 Å². The molecule has 1 unspecified atom stereocenters. The van der Waals surface area contributed by atoms with Crippen LogP contribution in [0.4, 0.5) is 0 Å². The number of nitrogens with zero attached hydrogens (tertiary/aromatic N) is 2. The van der Waals surface area contributed by atoms with Gasteiger partial charge >= 0.3 is 0 Å². The Hall–Kier alpha value is -1.13. The lowest BCUT2D eigenvalue weighted by atomic mass is 10.1. The summed E-state index contributed by atoms with van der Waals surface area (Å²) >= 11 is 0. The summed E-state index contributed by atoms with van der Waals surface area (Å²) in [5, 5.41) is 3.52. The molecule has 19 heavy (non-hydrogen) atoms. The number of rotatable bonds is 7. The van der Waals surface area contributed by atoms with Crippen LogP contribution in [0.15, 0.2) is 18.3 Å². The second-order valence-corrected chi connectivity index (χ2v) is 5.30. The van der Waals surface area contributed by atoms with Gasteiger partial charge in [-0.25, -0.2) is 4.98 Å². The minimum Gasteiger partial charge on any atom is -0.481 e. The van der Waals surface area contributed by atoms with Crippen LogP contribution in [-0.4, -0.2) is 43.2 Å². The molecule has 1 atom stereocenters. The first-order chi connectivity index (χ1) is 9.31. The van der Waals surface area contributed by atoms with Crippen molar-refractivity contribution in [3.05, 3.63) is 23.9 Å². The lowest BCUT2D eigenvalue weighted by Crippen LogP contribution is -2.26. The summed E-state index contributed by atoms with van der Waals surface area (Å²) in [6.07, 6.45) is 4.34. The van der Waals surface area contributed by atoms with E-state index in [9.17, 15) is 0 Å². The summed E-state index contributed by atoms with van der Waals surface area (Å²) in [5.74, 6) is 1.51.